The Labute approximate surface area is 313 Å². The van der Waals surface area contributed by atoms with Gasteiger partial charge in [0.2, 0.25) is 11.8 Å². The van der Waals surface area contributed by atoms with Crippen molar-refractivity contribution in [1.82, 2.24) is 15.1 Å². The molecule has 3 aliphatic heterocycles. The SMILES string of the molecule is CC/C(=C(\c1ccc(O)cc1)c1ccc(C2CCN(CCCCCCc3ccc4c(c3)CN(C3CCC(=O)NC3=O)C4=O)CC2)cc1)c1ccccc1. The smallest absolute Gasteiger partial charge is 0.255 e. The number of amides is 3. The molecular weight excluding hydrogens is 659 g/mol. The predicted molar refractivity (Wildman–Crippen MR) is 210 cm³/mol. The molecule has 53 heavy (non-hydrogen) atoms. The van der Waals surface area contributed by atoms with Crippen molar-refractivity contribution >= 4 is 28.9 Å². The van der Waals surface area contributed by atoms with Crippen molar-refractivity contribution in [3.8, 4) is 5.75 Å². The molecule has 7 heteroatoms. The summed E-state index contributed by atoms with van der Waals surface area (Å²) >= 11 is 0. The Morgan fingerprint density at radius 3 is 2.17 bits per heavy atom. The van der Waals surface area contributed by atoms with Crippen LogP contribution in [-0.2, 0) is 22.6 Å². The molecule has 0 saturated carbocycles. The van der Waals surface area contributed by atoms with E-state index >= 15 is 0 Å². The van der Waals surface area contributed by atoms with Crippen LogP contribution in [0.25, 0.3) is 11.1 Å². The van der Waals surface area contributed by atoms with Crippen LogP contribution in [0, 0.1) is 0 Å². The molecule has 1 unspecified atom stereocenters. The minimum atomic E-state index is -0.567. The van der Waals surface area contributed by atoms with E-state index in [1.807, 2.05) is 18.2 Å². The zero-order valence-electron chi connectivity index (χ0n) is 30.9. The molecule has 0 spiro atoms. The summed E-state index contributed by atoms with van der Waals surface area (Å²) < 4.78 is 0. The molecule has 3 heterocycles. The van der Waals surface area contributed by atoms with Crippen LogP contribution in [-0.4, -0.2) is 58.3 Å². The average molecular weight is 710 g/mol. The maximum absolute atomic E-state index is 13.0. The van der Waals surface area contributed by atoms with E-state index in [-0.39, 0.29) is 29.9 Å². The number of phenols is 1. The van der Waals surface area contributed by atoms with E-state index in [2.05, 4.69) is 83.9 Å². The fraction of sp³-hybridized carbons (Fsp3) is 0.370. The molecule has 7 rings (SSSR count). The average Bonchev–Trinajstić information content (AvgIpc) is 3.51. The van der Waals surface area contributed by atoms with Gasteiger partial charge in [0.25, 0.3) is 5.91 Å². The first-order valence-corrected chi connectivity index (χ1v) is 19.5. The quantitative estimate of drug-likeness (QED) is 0.0826. The fourth-order valence-corrected chi connectivity index (χ4v) is 8.52. The minimum Gasteiger partial charge on any atom is -0.508 e. The highest BCUT2D eigenvalue weighted by Crippen LogP contribution is 2.37. The van der Waals surface area contributed by atoms with Crippen LogP contribution >= 0.6 is 0 Å². The molecule has 4 aromatic carbocycles. The number of allylic oxidation sites excluding steroid dienone is 1. The van der Waals surface area contributed by atoms with Crippen molar-refractivity contribution in [2.24, 2.45) is 0 Å². The number of nitrogens with one attached hydrogen (secondary N) is 1. The molecule has 274 valence electrons. The summed E-state index contributed by atoms with van der Waals surface area (Å²) in [6.07, 6.45) is 9.67. The molecule has 2 fully saturated rings. The van der Waals surface area contributed by atoms with Gasteiger partial charge in [-0.1, -0.05) is 98.6 Å². The van der Waals surface area contributed by atoms with Gasteiger partial charge in [0.1, 0.15) is 11.8 Å². The topological polar surface area (TPSA) is 89.9 Å². The third-order valence-corrected chi connectivity index (χ3v) is 11.5. The van der Waals surface area contributed by atoms with Crippen LogP contribution in [0.1, 0.15) is 114 Å². The van der Waals surface area contributed by atoms with Crippen molar-refractivity contribution in [2.75, 3.05) is 19.6 Å². The number of benzene rings is 4. The second kappa shape index (κ2) is 16.8. The van der Waals surface area contributed by atoms with Crippen LogP contribution in [0.15, 0.2) is 97.1 Å². The number of hydrogen-bond acceptors (Lipinski definition) is 5. The lowest BCUT2D eigenvalue weighted by Gasteiger charge is -2.32. The first-order valence-electron chi connectivity index (χ1n) is 19.5. The Morgan fingerprint density at radius 1 is 0.774 bits per heavy atom. The summed E-state index contributed by atoms with van der Waals surface area (Å²) in [6.45, 7) is 6.09. The number of fused-ring (bicyclic) bond motifs is 1. The lowest BCUT2D eigenvalue weighted by molar-refractivity contribution is -0.136. The monoisotopic (exact) mass is 709 g/mol. The Morgan fingerprint density at radius 2 is 1.47 bits per heavy atom. The van der Waals surface area contributed by atoms with Gasteiger partial charge in [0, 0.05) is 18.5 Å². The summed E-state index contributed by atoms with van der Waals surface area (Å²) in [7, 11) is 0. The third-order valence-electron chi connectivity index (χ3n) is 11.5. The Hall–Kier alpha value is -5.01. The highest BCUT2D eigenvalue weighted by Gasteiger charge is 2.39. The number of phenolic OH excluding ortho intramolecular Hbond substituents is 1. The Balaban J connectivity index is 0.860. The number of imide groups is 1. The number of piperidine rings is 2. The number of carbonyl (C=O) groups excluding carboxylic acids is 3. The lowest BCUT2D eigenvalue weighted by atomic mass is 9.85. The number of nitrogens with zero attached hydrogens (tertiary/aromatic N) is 2. The van der Waals surface area contributed by atoms with E-state index in [0.717, 1.165) is 50.0 Å². The molecule has 0 radical (unpaired) electrons. The van der Waals surface area contributed by atoms with Gasteiger partial charge < -0.3 is 14.9 Å². The fourth-order valence-electron chi connectivity index (χ4n) is 8.52. The summed E-state index contributed by atoms with van der Waals surface area (Å²) in [5.74, 6) is 0.126. The van der Waals surface area contributed by atoms with Crippen LogP contribution in [0.4, 0.5) is 0 Å². The van der Waals surface area contributed by atoms with Crippen molar-refractivity contribution < 1.29 is 19.5 Å². The second-order valence-corrected chi connectivity index (χ2v) is 14.9. The van der Waals surface area contributed by atoms with E-state index in [1.54, 1.807) is 17.0 Å². The predicted octanol–water partition coefficient (Wildman–Crippen LogP) is 8.50. The molecule has 4 aromatic rings. The molecule has 3 aliphatic rings. The number of carbonyl (C=O) groups is 3. The maximum atomic E-state index is 13.0. The van der Waals surface area contributed by atoms with Gasteiger partial charge in [-0.3, -0.25) is 19.7 Å². The molecule has 0 aromatic heterocycles. The van der Waals surface area contributed by atoms with Crippen LogP contribution in [0.3, 0.4) is 0 Å². The number of rotatable bonds is 13. The standard InChI is InChI=1S/C46H51N3O4/c1-2-40(35-11-7-5-8-12-35)44(37-18-20-39(50)21-19-37)36-16-14-33(15-17-36)34-25-28-48(29-26-34)27-9-4-3-6-10-32-13-22-41-38(30-32)31-49(46(41)53)42-23-24-43(51)47-45(42)52/h5,7-8,11-22,30,34,42,50H,2-4,6,9-10,23-29,31H2,1H3,(H,47,51,52)/b44-40+. The van der Waals surface area contributed by atoms with Gasteiger partial charge in [0.15, 0.2) is 0 Å². The lowest BCUT2D eigenvalue weighted by Crippen LogP contribution is -2.52. The van der Waals surface area contributed by atoms with E-state index < -0.39 is 6.04 Å². The van der Waals surface area contributed by atoms with Gasteiger partial charge >= 0.3 is 0 Å². The molecule has 0 aliphatic carbocycles. The van der Waals surface area contributed by atoms with Crippen LogP contribution < -0.4 is 5.32 Å². The first-order chi connectivity index (χ1) is 25.9. The molecule has 1 atom stereocenters. The zero-order valence-corrected chi connectivity index (χ0v) is 30.9. The molecule has 2 saturated heterocycles. The number of aryl methyl sites for hydroxylation is 1. The third kappa shape index (κ3) is 8.47. The Bertz CT molecular complexity index is 1940. The normalized spacial score (nSPS) is 18.5. The second-order valence-electron chi connectivity index (χ2n) is 14.9. The molecule has 0 bridgehead atoms. The highest BCUT2D eigenvalue weighted by atomic mass is 16.3. The molecule has 3 amide bonds. The first kappa shape index (κ1) is 36.4. The highest BCUT2D eigenvalue weighted by molar-refractivity contribution is 6.05. The number of aromatic hydroxyl groups is 1. The zero-order chi connectivity index (χ0) is 36.7. The van der Waals surface area contributed by atoms with Gasteiger partial charge in [-0.05, 0) is 133 Å². The maximum Gasteiger partial charge on any atom is 0.255 e. The molecule has 7 nitrogen and oxygen atoms in total. The number of unbranched alkanes of at least 4 members (excludes halogenated alkanes) is 3. The summed E-state index contributed by atoms with van der Waals surface area (Å²) in [5, 5.41) is 12.4. The van der Waals surface area contributed by atoms with E-state index in [0.29, 0.717) is 24.4 Å². The summed E-state index contributed by atoms with van der Waals surface area (Å²) in [6, 6.07) is 33.0. The van der Waals surface area contributed by atoms with Crippen molar-refractivity contribution in [3.05, 3.63) is 136 Å². The number of hydrogen-bond donors (Lipinski definition) is 2. The van der Waals surface area contributed by atoms with Crippen molar-refractivity contribution in [2.45, 2.75) is 89.6 Å². The molecule has 2 N–H and O–H groups in total. The molecular formula is C46H51N3O4. The van der Waals surface area contributed by atoms with Crippen LogP contribution in [0.5, 0.6) is 5.75 Å². The van der Waals surface area contributed by atoms with E-state index in [1.165, 1.54) is 65.5 Å². The summed E-state index contributed by atoms with van der Waals surface area (Å²) in [5.41, 5.74) is 10.4. The van der Waals surface area contributed by atoms with Gasteiger partial charge in [-0.2, -0.15) is 0 Å². The van der Waals surface area contributed by atoms with E-state index in [4.69, 9.17) is 0 Å². The van der Waals surface area contributed by atoms with E-state index in [9.17, 15) is 19.5 Å². The largest absolute Gasteiger partial charge is 0.508 e. The minimum absolute atomic E-state index is 0.110. The summed E-state index contributed by atoms with van der Waals surface area (Å²) in [4.78, 5) is 41.2. The van der Waals surface area contributed by atoms with Crippen LogP contribution in [0.2, 0.25) is 0 Å². The van der Waals surface area contributed by atoms with Gasteiger partial charge in [0.05, 0.1) is 0 Å². The van der Waals surface area contributed by atoms with Crippen molar-refractivity contribution in [3.63, 3.8) is 0 Å². The van der Waals surface area contributed by atoms with Gasteiger partial charge in [-0.25, -0.2) is 0 Å². The van der Waals surface area contributed by atoms with Gasteiger partial charge in [-0.15, -0.1) is 0 Å². The Kier molecular flexibility index (Phi) is 11.5. The number of likely N-dealkylation sites (tertiary alicyclic amines) is 1. The van der Waals surface area contributed by atoms with Crippen molar-refractivity contribution in [1.29, 1.82) is 0 Å².